The normalized spacial score (nSPS) is 29.8. The minimum absolute atomic E-state index is 0.0240. The Morgan fingerprint density at radius 2 is 2.25 bits per heavy atom. The lowest BCUT2D eigenvalue weighted by atomic mass is 9.81. The molecule has 2 aliphatic rings. The van der Waals surface area contributed by atoms with Gasteiger partial charge in [0.15, 0.2) is 5.78 Å². The summed E-state index contributed by atoms with van der Waals surface area (Å²) in [5.41, 5.74) is 0.358. The van der Waals surface area contributed by atoms with Gasteiger partial charge in [0.25, 0.3) is 0 Å². The molecule has 3 rings (SSSR count). The van der Waals surface area contributed by atoms with Crippen molar-refractivity contribution in [3.05, 3.63) is 33.3 Å². The van der Waals surface area contributed by atoms with E-state index in [1.807, 2.05) is 6.07 Å². The number of carbonyl (C=O) groups excluding carboxylic acids is 1. The molecule has 2 aliphatic heterocycles. The quantitative estimate of drug-likeness (QED) is 0.752. The second kappa shape index (κ2) is 5.76. The Kier molecular flexibility index (Phi) is 4.18. The molecule has 2 heterocycles. The monoisotopic (exact) mass is 358 g/mol. The highest BCUT2D eigenvalue weighted by atomic mass is 79.9. The van der Waals surface area contributed by atoms with Gasteiger partial charge in [-0.15, -0.1) is 0 Å². The first-order chi connectivity index (χ1) is 9.60. The van der Waals surface area contributed by atoms with Crippen LogP contribution in [0.25, 0.3) is 0 Å². The zero-order valence-corrected chi connectivity index (χ0v) is 13.4. The van der Waals surface area contributed by atoms with Gasteiger partial charge in [-0.05, 0) is 31.0 Å². The van der Waals surface area contributed by atoms with Crippen LogP contribution >= 0.6 is 27.5 Å². The van der Waals surface area contributed by atoms with Crippen LogP contribution in [0.2, 0.25) is 5.02 Å². The molecule has 1 spiro atoms. The molecule has 108 valence electrons. The van der Waals surface area contributed by atoms with Crippen LogP contribution in [-0.4, -0.2) is 31.2 Å². The van der Waals surface area contributed by atoms with Crippen molar-refractivity contribution < 1.29 is 14.3 Å². The number of carbonyl (C=O) groups is 1. The Morgan fingerprint density at radius 1 is 1.40 bits per heavy atom. The van der Waals surface area contributed by atoms with E-state index in [4.69, 9.17) is 21.1 Å². The van der Waals surface area contributed by atoms with E-state index in [9.17, 15) is 4.79 Å². The fourth-order valence-corrected chi connectivity index (χ4v) is 3.79. The summed E-state index contributed by atoms with van der Waals surface area (Å²) in [6.07, 6.45) is 2.37. The van der Waals surface area contributed by atoms with Gasteiger partial charge in [-0.1, -0.05) is 27.5 Å². The number of hydrogen-bond acceptors (Lipinski definition) is 3. The lowest BCUT2D eigenvalue weighted by Gasteiger charge is -2.36. The summed E-state index contributed by atoms with van der Waals surface area (Å²) in [5.74, 6) is 0.0983. The van der Waals surface area contributed by atoms with Gasteiger partial charge in [0.05, 0.1) is 17.2 Å². The van der Waals surface area contributed by atoms with E-state index in [1.165, 1.54) is 0 Å². The van der Waals surface area contributed by atoms with Gasteiger partial charge >= 0.3 is 0 Å². The highest BCUT2D eigenvalue weighted by Gasteiger charge is 2.43. The number of benzene rings is 1. The summed E-state index contributed by atoms with van der Waals surface area (Å²) in [4.78, 5) is 12.7. The Morgan fingerprint density at radius 3 is 2.95 bits per heavy atom. The van der Waals surface area contributed by atoms with Crippen molar-refractivity contribution in [2.75, 3.05) is 19.8 Å². The van der Waals surface area contributed by atoms with Crippen LogP contribution in [0.4, 0.5) is 0 Å². The molecule has 5 heteroatoms. The fourth-order valence-electron chi connectivity index (χ4n) is 3.02. The van der Waals surface area contributed by atoms with Gasteiger partial charge in [-0.2, -0.15) is 0 Å². The van der Waals surface area contributed by atoms with Crippen molar-refractivity contribution in [3.8, 4) is 0 Å². The predicted octanol–water partition coefficient (Wildman–Crippen LogP) is 3.87. The fraction of sp³-hybridized carbons (Fsp3) is 0.533. The van der Waals surface area contributed by atoms with Crippen LogP contribution in [0.5, 0.6) is 0 Å². The molecule has 0 amide bonds. The van der Waals surface area contributed by atoms with E-state index in [2.05, 4.69) is 15.9 Å². The summed E-state index contributed by atoms with van der Waals surface area (Å²) in [7, 11) is 0. The first-order valence-corrected chi connectivity index (χ1v) is 7.98. The molecule has 2 saturated heterocycles. The smallest absolute Gasteiger partial charge is 0.167 e. The lowest BCUT2D eigenvalue weighted by Crippen LogP contribution is -2.42. The molecule has 1 aromatic rings. The average Bonchev–Trinajstić information content (AvgIpc) is 2.86. The summed E-state index contributed by atoms with van der Waals surface area (Å²) >= 11 is 9.55. The van der Waals surface area contributed by atoms with Gasteiger partial charge in [0, 0.05) is 35.6 Å². The standard InChI is InChI=1S/C15H16BrClO3/c16-11-1-2-12(13(17)7-11)14(18)10-3-5-20-15(8-10)4-6-19-9-15/h1-2,7,10H,3-6,8-9H2. The van der Waals surface area contributed by atoms with E-state index >= 15 is 0 Å². The SMILES string of the molecule is O=C(c1ccc(Br)cc1Cl)C1CCOC2(CCOC2)C1. The van der Waals surface area contributed by atoms with E-state index in [0.717, 1.165) is 30.3 Å². The number of Topliss-reactive ketones (excluding diaryl/α,β-unsaturated/α-hetero) is 1. The highest BCUT2D eigenvalue weighted by molar-refractivity contribution is 9.10. The van der Waals surface area contributed by atoms with E-state index in [0.29, 0.717) is 23.8 Å². The van der Waals surface area contributed by atoms with Gasteiger partial charge in [-0.3, -0.25) is 4.79 Å². The first kappa shape index (κ1) is 14.5. The zero-order chi connectivity index (χ0) is 14.2. The minimum Gasteiger partial charge on any atom is -0.378 e. The maximum Gasteiger partial charge on any atom is 0.167 e. The number of halogens is 2. The van der Waals surface area contributed by atoms with Gasteiger partial charge in [0.1, 0.15) is 0 Å². The van der Waals surface area contributed by atoms with E-state index in [1.54, 1.807) is 12.1 Å². The molecule has 3 nitrogen and oxygen atoms in total. The van der Waals surface area contributed by atoms with E-state index in [-0.39, 0.29) is 17.3 Å². The van der Waals surface area contributed by atoms with Crippen LogP contribution in [0, 0.1) is 5.92 Å². The number of ether oxygens (including phenoxy) is 2. The molecular formula is C15H16BrClO3. The van der Waals surface area contributed by atoms with Crippen LogP contribution in [0.1, 0.15) is 29.6 Å². The van der Waals surface area contributed by atoms with E-state index < -0.39 is 0 Å². The molecule has 0 aromatic heterocycles. The number of ketones is 1. The van der Waals surface area contributed by atoms with Crippen LogP contribution in [0.15, 0.2) is 22.7 Å². The largest absolute Gasteiger partial charge is 0.378 e. The third-order valence-corrected chi connectivity index (χ3v) is 4.93. The van der Waals surface area contributed by atoms with Gasteiger partial charge in [-0.25, -0.2) is 0 Å². The second-order valence-corrected chi connectivity index (χ2v) is 6.84. The minimum atomic E-state index is -0.250. The summed E-state index contributed by atoms with van der Waals surface area (Å²) in [6.45, 7) is 1.94. The maximum atomic E-state index is 12.7. The van der Waals surface area contributed by atoms with Crippen molar-refractivity contribution in [2.24, 2.45) is 5.92 Å². The Labute approximate surface area is 131 Å². The second-order valence-electron chi connectivity index (χ2n) is 5.51. The number of hydrogen-bond donors (Lipinski definition) is 0. The first-order valence-electron chi connectivity index (χ1n) is 6.81. The van der Waals surface area contributed by atoms with Crippen LogP contribution in [0.3, 0.4) is 0 Å². The topological polar surface area (TPSA) is 35.5 Å². The third-order valence-electron chi connectivity index (χ3n) is 4.13. The lowest BCUT2D eigenvalue weighted by molar-refractivity contribution is -0.0920. The van der Waals surface area contributed by atoms with Crippen molar-refractivity contribution in [3.63, 3.8) is 0 Å². The highest BCUT2D eigenvalue weighted by Crippen LogP contribution is 2.38. The van der Waals surface area contributed by atoms with Crippen LogP contribution in [-0.2, 0) is 9.47 Å². The van der Waals surface area contributed by atoms with Crippen LogP contribution < -0.4 is 0 Å². The summed E-state index contributed by atoms with van der Waals surface area (Å²) < 4.78 is 12.2. The molecule has 0 bridgehead atoms. The average molecular weight is 360 g/mol. The molecule has 0 aliphatic carbocycles. The Balaban J connectivity index is 1.79. The summed E-state index contributed by atoms with van der Waals surface area (Å²) in [5, 5.41) is 0.507. The maximum absolute atomic E-state index is 12.7. The molecule has 2 fully saturated rings. The summed E-state index contributed by atoms with van der Waals surface area (Å²) in [6, 6.07) is 5.41. The molecule has 20 heavy (non-hydrogen) atoms. The third kappa shape index (κ3) is 2.80. The molecule has 0 N–H and O–H groups in total. The van der Waals surface area contributed by atoms with Gasteiger partial charge in [0.2, 0.25) is 0 Å². The molecule has 1 aromatic carbocycles. The number of rotatable bonds is 2. The molecular weight excluding hydrogens is 344 g/mol. The molecule has 0 saturated carbocycles. The predicted molar refractivity (Wildman–Crippen MR) is 80.3 cm³/mol. The molecule has 2 unspecified atom stereocenters. The van der Waals surface area contributed by atoms with Gasteiger partial charge < -0.3 is 9.47 Å². The van der Waals surface area contributed by atoms with Crippen molar-refractivity contribution >= 4 is 33.3 Å². The van der Waals surface area contributed by atoms with Crippen molar-refractivity contribution in [1.29, 1.82) is 0 Å². The zero-order valence-electron chi connectivity index (χ0n) is 11.0. The van der Waals surface area contributed by atoms with Crippen molar-refractivity contribution in [2.45, 2.75) is 24.9 Å². The molecule has 2 atom stereocenters. The Hall–Kier alpha value is -0.420. The van der Waals surface area contributed by atoms with Crippen molar-refractivity contribution in [1.82, 2.24) is 0 Å². The molecule has 0 radical (unpaired) electrons. The Bertz CT molecular complexity index is 526.